The van der Waals surface area contributed by atoms with Crippen molar-refractivity contribution in [3.05, 3.63) is 28.8 Å². The second-order valence-corrected chi connectivity index (χ2v) is 8.76. The summed E-state index contributed by atoms with van der Waals surface area (Å²) in [6.07, 6.45) is 0. The number of rotatable bonds is 2. The van der Waals surface area contributed by atoms with E-state index in [1.54, 1.807) is 0 Å². The van der Waals surface area contributed by atoms with E-state index in [1.165, 1.54) is 12.1 Å². The minimum atomic E-state index is -4.86. The van der Waals surface area contributed by atoms with Crippen LogP contribution in [0.3, 0.4) is 0 Å². The van der Waals surface area contributed by atoms with Crippen LogP contribution in [0, 0.1) is 0 Å². The monoisotopic (exact) mass is 314 g/mol. The van der Waals surface area contributed by atoms with Gasteiger partial charge in [-0.1, -0.05) is 41.5 Å². The number of phenolic OH excluding ortho intramolecular Hbond substituents is 1. The van der Waals surface area contributed by atoms with Gasteiger partial charge in [-0.25, -0.2) is 0 Å². The van der Waals surface area contributed by atoms with Crippen molar-refractivity contribution in [3.63, 3.8) is 0 Å². The van der Waals surface area contributed by atoms with Gasteiger partial charge in [0, 0.05) is 16.7 Å². The summed E-state index contributed by atoms with van der Waals surface area (Å²) in [5.41, 5.74) is -1.24. The van der Waals surface area contributed by atoms with Gasteiger partial charge >= 0.3 is 7.60 Å². The van der Waals surface area contributed by atoms with Crippen LogP contribution in [0.4, 0.5) is 0 Å². The van der Waals surface area contributed by atoms with Crippen molar-refractivity contribution in [1.82, 2.24) is 0 Å². The van der Waals surface area contributed by atoms with Gasteiger partial charge in [-0.2, -0.15) is 0 Å². The third kappa shape index (κ3) is 3.94. The molecule has 0 radical (unpaired) electrons. The first-order chi connectivity index (χ1) is 9.15. The van der Waals surface area contributed by atoms with Crippen molar-refractivity contribution in [2.45, 2.75) is 52.4 Å². The van der Waals surface area contributed by atoms with E-state index in [4.69, 9.17) is 9.79 Å². The molecule has 6 heteroatoms. The number of carbonyl (C=O) groups excluding carboxylic acids is 1. The van der Waals surface area contributed by atoms with Gasteiger partial charge in [0.25, 0.3) is 5.52 Å². The molecule has 0 spiro atoms. The Morgan fingerprint density at radius 1 is 0.952 bits per heavy atom. The quantitative estimate of drug-likeness (QED) is 0.728. The summed E-state index contributed by atoms with van der Waals surface area (Å²) in [4.78, 5) is 30.1. The summed E-state index contributed by atoms with van der Waals surface area (Å²) in [5.74, 6) is 0.0669. The number of phenols is 1. The van der Waals surface area contributed by atoms with Crippen LogP contribution in [-0.4, -0.2) is 20.4 Å². The predicted octanol–water partition coefficient (Wildman–Crippen LogP) is 3.31. The molecule has 0 amide bonds. The van der Waals surface area contributed by atoms with E-state index in [0.29, 0.717) is 11.1 Å². The number of carbonyl (C=O) groups is 1. The molecule has 0 bridgehead atoms. The van der Waals surface area contributed by atoms with Gasteiger partial charge in [0.15, 0.2) is 0 Å². The summed E-state index contributed by atoms with van der Waals surface area (Å²) >= 11 is 0. The van der Waals surface area contributed by atoms with Crippen molar-refractivity contribution in [3.8, 4) is 5.75 Å². The average Bonchev–Trinajstić information content (AvgIpc) is 2.23. The van der Waals surface area contributed by atoms with Crippen molar-refractivity contribution in [1.29, 1.82) is 0 Å². The van der Waals surface area contributed by atoms with Gasteiger partial charge in [0.2, 0.25) is 0 Å². The number of hydrogen-bond donors (Lipinski definition) is 3. The normalized spacial score (nSPS) is 13.3. The zero-order valence-corrected chi connectivity index (χ0v) is 14.2. The van der Waals surface area contributed by atoms with E-state index in [1.807, 2.05) is 41.5 Å². The molecule has 0 saturated carbocycles. The Morgan fingerprint density at radius 2 is 1.29 bits per heavy atom. The molecular weight excluding hydrogens is 291 g/mol. The lowest BCUT2D eigenvalue weighted by molar-refractivity contribution is 0.104. The molecule has 0 fully saturated rings. The third-order valence-electron chi connectivity index (χ3n) is 3.24. The van der Waals surface area contributed by atoms with Crippen LogP contribution in [-0.2, 0) is 15.4 Å². The minimum Gasteiger partial charge on any atom is -0.507 e. The van der Waals surface area contributed by atoms with Crippen molar-refractivity contribution in [2.75, 3.05) is 0 Å². The Kier molecular flexibility index (Phi) is 4.46. The highest BCUT2D eigenvalue weighted by Gasteiger charge is 2.32. The lowest BCUT2D eigenvalue weighted by atomic mass is 9.78. The first kappa shape index (κ1) is 17.9. The topological polar surface area (TPSA) is 94.8 Å². The molecule has 118 valence electrons. The van der Waals surface area contributed by atoms with Crippen LogP contribution in [0.5, 0.6) is 5.75 Å². The van der Waals surface area contributed by atoms with Crippen molar-refractivity contribution >= 4 is 13.1 Å². The van der Waals surface area contributed by atoms with E-state index in [2.05, 4.69) is 0 Å². The fourth-order valence-electron chi connectivity index (χ4n) is 2.07. The van der Waals surface area contributed by atoms with Gasteiger partial charge < -0.3 is 14.9 Å². The molecular formula is C15H23O5P. The highest BCUT2D eigenvalue weighted by Crippen LogP contribution is 2.44. The van der Waals surface area contributed by atoms with Gasteiger partial charge in [-0.3, -0.25) is 9.36 Å². The van der Waals surface area contributed by atoms with Crippen LogP contribution in [0.25, 0.3) is 0 Å². The molecule has 1 aromatic rings. The van der Waals surface area contributed by atoms with Gasteiger partial charge in [-0.05, 0) is 23.0 Å². The second kappa shape index (κ2) is 5.24. The Hall–Kier alpha value is -1.16. The minimum absolute atomic E-state index is 0.0669. The summed E-state index contributed by atoms with van der Waals surface area (Å²) in [5, 5.41) is 10.5. The lowest BCUT2D eigenvalue weighted by Gasteiger charge is -2.28. The SMILES string of the molecule is CC(C)(C)c1cc(C(=O)P(=O)(O)O)cc(C(C)(C)C)c1O. The summed E-state index contributed by atoms with van der Waals surface area (Å²) in [7, 11) is -4.86. The first-order valence-corrected chi connectivity index (χ1v) is 8.25. The standard InChI is InChI=1S/C15H23O5P/c1-14(2,3)10-7-9(13(17)21(18,19)20)8-11(12(10)16)15(4,5)6/h7-8,16H,1-6H3,(H2,18,19,20). The van der Waals surface area contributed by atoms with Crippen LogP contribution >= 0.6 is 7.60 Å². The highest BCUT2D eigenvalue weighted by atomic mass is 31.2. The zero-order valence-electron chi connectivity index (χ0n) is 13.3. The zero-order chi connectivity index (χ0) is 16.8. The fourth-order valence-corrected chi connectivity index (χ4v) is 2.53. The molecule has 0 aliphatic heterocycles. The van der Waals surface area contributed by atoms with Crippen LogP contribution in [0.15, 0.2) is 12.1 Å². The maximum atomic E-state index is 11.9. The molecule has 0 saturated heterocycles. The maximum Gasteiger partial charge on any atom is 0.396 e. The maximum absolute atomic E-state index is 11.9. The molecule has 0 unspecified atom stereocenters. The number of aromatic hydroxyl groups is 1. The Morgan fingerprint density at radius 3 is 1.52 bits per heavy atom. The molecule has 1 rings (SSSR count). The van der Waals surface area contributed by atoms with E-state index in [0.717, 1.165) is 0 Å². The van der Waals surface area contributed by atoms with Crippen LogP contribution in [0.2, 0.25) is 0 Å². The fraction of sp³-hybridized carbons (Fsp3) is 0.533. The highest BCUT2D eigenvalue weighted by molar-refractivity contribution is 7.70. The molecule has 21 heavy (non-hydrogen) atoms. The third-order valence-corrected chi connectivity index (χ3v) is 4.02. The van der Waals surface area contributed by atoms with Gasteiger partial charge in [0.05, 0.1) is 0 Å². The van der Waals surface area contributed by atoms with E-state index < -0.39 is 24.0 Å². The summed E-state index contributed by atoms with van der Waals surface area (Å²) < 4.78 is 11.2. The van der Waals surface area contributed by atoms with E-state index in [9.17, 15) is 14.5 Å². The van der Waals surface area contributed by atoms with Crippen LogP contribution in [0.1, 0.15) is 63.0 Å². The predicted molar refractivity (Wildman–Crippen MR) is 81.9 cm³/mol. The molecule has 0 aliphatic carbocycles. The molecule has 0 aliphatic rings. The van der Waals surface area contributed by atoms with E-state index >= 15 is 0 Å². The number of benzene rings is 1. The molecule has 0 heterocycles. The van der Waals surface area contributed by atoms with Gasteiger partial charge in [-0.15, -0.1) is 0 Å². The molecule has 0 aromatic heterocycles. The number of hydrogen-bond acceptors (Lipinski definition) is 3. The first-order valence-electron chi connectivity index (χ1n) is 6.64. The second-order valence-electron chi connectivity index (χ2n) is 7.27. The molecule has 5 nitrogen and oxygen atoms in total. The lowest BCUT2D eigenvalue weighted by Crippen LogP contribution is -2.19. The van der Waals surface area contributed by atoms with Crippen molar-refractivity contribution < 1.29 is 24.3 Å². The Balaban J connectivity index is 3.72. The molecule has 0 atom stereocenters. The van der Waals surface area contributed by atoms with Crippen molar-refractivity contribution in [2.24, 2.45) is 0 Å². The molecule has 3 N–H and O–H groups in total. The average molecular weight is 314 g/mol. The summed E-state index contributed by atoms with van der Waals surface area (Å²) in [6, 6.07) is 2.73. The Labute approximate surface area is 125 Å². The van der Waals surface area contributed by atoms with Crippen LogP contribution < -0.4 is 0 Å². The Bertz CT molecular complexity index is 579. The smallest absolute Gasteiger partial charge is 0.396 e. The summed E-state index contributed by atoms with van der Waals surface area (Å²) in [6.45, 7) is 11.2. The largest absolute Gasteiger partial charge is 0.507 e. The molecule has 1 aromatic carbocycles. The van der Waals surface area contributed by atoms with Gasteiger partial charge in [0.1, 0.15) is 5.75 Å². The van der Waals surface area contributed by atoms with E-state index in [-0.39, 0.29) is 11.3 Å².